The van der Waals surface area contributed by atoms with Gasteiger partial charge >= 0.3 is 0 Å². The van der Waals surface area contributed by atoms with Gasteiger partial charge in [0.2, 0.25) is 0 Å². The lowest BCUT2D eigenvalue weighted by Gasteiger charge is -2.22. The van der Waals surface area contributed by atoms with E-state index in [0.29, 0.717) is 18.5 Å². The lowest BCUT2D eigenvalue weighted by Crippen LogP contribution is -2.40. The highest BCUT2D eigenvalue weighted by molar-refractivity contribution is 5.78. The summed E-state index contributed by atoms with van der Waals surface area (Å²) in [6.45, 7) is 0.343. The monoisotopic (exact) mass is 273 g/mol. The quantitative estimate of drug-likeness (QED) is 0.579. The molecule has 0 radical (unpaired) electrons. The average Bonchev–Trinajstić information content (AvgIpc) is 3.07. The number of aliphatic imine (C=N–C) groups is 1. The maximum absolute atomic E-state index is 10.8. The van der Waals surface area contributed by atoms with Crippen LogP contribution in [0, 0.1) is 0 Å². The Kier molecular flexibility index (Phi) is 3.66. The highest BCUT2D eigenvalue weighted by Gasteiger charge is 2.36. The molecule has 1 saturated carbocycles. The Morgan fingerprint density at radius 2 is 2.10 bits per heavy atom. The molecule has 4 heteroatoms. The molecule has 1 fully saturated rings. The number of nitrogens with one attached hydrogen (secondary N) is 1. The second-order valence-corrected chi connectivity index (χ2v) is 6.02. The van der Waals surface area contributed by atoms with Gasteiger partial charge in [-0.15, -0.1) is 0 Å². The topological polar surface area (TPSA) is 70.6 Å². The lowest BCUT2D eigenvalue weighted by molar-refractivity contribution is 0.0486. The van der Waals surface area contributed by atoms with E-state index in [0.717, 1.165) is 18.4 Å². The van der Waals surface area contributed by atoms with Crippen LogP contribution < -0.4 is 11.1 Å². The summed E-state index contributed by atoms with van der Waals surface area (Å²) in [6, 6.07) is 8.53. The first-order chi connectivity index (χ1) is 9.67. The van der Waals surface area contributed by atoms with Crippen molar-refractivity contribution in [3.05, 3.63) is 35.4 Å². The zero-order chi connectivity index (χ0) is 14.0. The van der Waals surface area contributed by atoms with Crippen molar-refractivity contribution in [3.8, 4) is 0 Å². The van der Waals surface area contributed by atoms with Gasteiger partial charge < -0.3 is 16.2 Å². The molecule has 20 heavy (non-hydrogen) atoms. The smallest absolute Gasteiger partial charge is 0.188 e. The van der Waals surface area contributed by atoms with E-state index < -0.39 is 5.60 Å². The van der Waals surface area contributed by atoms with Crippen LogP contribution in [-0.2, 0) is 12.0 Å². The van der Waals surface area contributed by atoms with Crippen LogP contribution in [0.25, 0.3) is 0 Å². The fourth-order valence-corrected chi connectivity index (χ4v) is 3.37. The van der Waals surface area contributed by atoms with Gasteiger partial charge in [0.1, 0.15) is 5.60 Å². The molecule has 0 spiro atoms. The Morgan fingerprint density at radius 1 is 1.35 bits per heavy atom. The van der Waals surface area contributed by atoms with Crippen LogP contribution in [0.4, 0.5) is 0 Å². The van der Waals surface area contributed by atoms with Gasteiger partial charge in [-0.25, -0.2) is 0 Å². The molecule has 0 amide bonds. The molecular formula is C16H23N3O. The van der Waals surface area contributed by atoms with Crippen LogP contribution in [0.2, 0.25) is 0 Å². The highest BCUT2D eigenvalue weighted by atomic mass is 16.3. The summed E-state index contributed by atoms with van der Waals surface area (Å²) in [4.78, 5) is 4.37. The van der Waals surface area contributed by atoms with Crippen molar-refractivity contribution < 1.29 is 5.11 Å². The molecule has 4 N–H and O–H groups in total. The van der Waals surface area contributed by atoms with Crippen LogP contribution in [0.5, 0.6) is 0 Å². The minimum Gasteiger partial charge on any atom is -0.383 e. The maximum atomic E-state index is 10.8. The summed E-state index contributed by atoms with van der Waals surface area (Å²) in [5, 5.41) is 14.0. The lowest BCUT2D eigenvalue weighted by atomic mass is 9.96. The summed E-state index contributed by atoms with van der Waals surface area (Å²) in [5.41, 5.74) is 7.33. The first-order valence-electron chi connectivity index (χ1n) is 7.55. The van der Waals surface area contributed by atoms with E-state index in [1.165, 1.54) is 31.2 Å². The number of hydrogen-bond acceptors (Lipinski definition) is 2. The number of aryl methyl sites for hydroxylation is 1. The van der Waals surface area contributed by atoms with E-state index in [-0.39, 0.29) is 0 Å². The Morgan fingerprint density at radius 3 is 2.90 bits per heavy atom. The predicted molar refractivity (Wildman–Crippen MR) is 80.5 cm³/mol. The zero-order valence-corrected chi connectivity index (χ0v) is 11.8. The fourth-order valence-electron chi connectivity index (χ4n) is 3.37. The second kappa shape index (κ2) is 5.44. The number of rotatable bonds is 3. The standard InChI is InChI=1S/C16H23N3O/c17-15(19-13-6-2-3-7-13)18-11-16(20)10-9-12-5-1-4-8-14(12)16/h1,4-5,8,13,20H,2-3,6-7,9-11H2,(H3,17,18,19). The minimum absolute atomic E-state index is 0.343. The summed E-state index contributed by atoms with van der Waals surface area (Å²) < 4.78 is 0. The maximum Gasteiger partial charge on any atom is 0.188 e. The second-order valence-electron chi connectivity index (χ2n) is 6.02. The number of fused-ring (bicyclic) bond motifs is 1. The van der Waals surface area contributed by atoms with Gasteiger partial charge in [0.05, 0.1) is 6.54 Å². The Hall–Kier alpha value is -1.55. The molecule has 108 valence electrons. The first-order valence-corrected chi connectivity index (χ1v) is 7.55. The fraction of sp³-hybridized carbons (Fsp3) is 0.562. The van der Waals surface area contributed by atoms with Crippen molar-refractivity contribution in [1.82, 2.24) is 5.32 Å². The van der Waals surface area contributed by atoms with Crippen LogP contribution in [0.1, 0.15) is 43.2 Å². The number of hydrogen-bond donors (Lipinski definition) is 3. The van der Waals surface area contributed by atoms with Gasteiger partial charge in [0.15, 0.2) is 5.96 Å². The van der Waals surface area contributed by atoms with E-state index in [4.69, 9.17) is 5.73 Å². The molecule has 2 aliphatic rings. The largest absolute Gasteiger partial charge is 0.383 e. The molecule has 2 aliphatic carbocycles. The summed E-state index contributed by atoms with van der Waals surface area (Å²) in [7, 11) is 0. The molecule has 1 aromatic carbocycles. The van der Waals surface area contributed by atoms with Gasteiger partial charge in [-0.3, -0.25) is 4.99 Å². The molecule has 4 nitrogen and oxygen atoms in total. The molecule has 0 bridgehead atoms. The number of aliphatic hydroxyl groups is 1. The third kappa shape index (κ3) is 2.66. The van der Waals surface area contributed by atoms with Crippen LogP contribution in [0.3, 0.4) is 0 Å². The van der Waals surface area contributed by atoms with Gasteiger partial charge in [0.25, 0.3) is 0 Å². The van der Waals surface area contributed by atoms with Gasteiger partial charge in [-0.05, 0) is 36.8 Å². The predicted octanol–water partition coefficient (Wildman–Crippen LogP) is 1.67. The molecule has 1 unspecified atom stereocenters. The number of guanidine groups is 1. The molecule has 0 saturated heterocycles. The highest BCUT2D eigenvalue weighted by Crippen LogP contribution is 2.36. The van der Waals surface area contributed by atoms with Crippen molar-refractivity contribution in [3.63, 3.8) is 0 Å². The van der Waals surface area contributed by atoms with Gasteiger partial charge in [0, 0.05) is 6.04 Å². The Labute approximate surface area is 120 Å². The zero-order valence-electron chi connectivity index (χ0n) is 11.8. The third-order valence-electron chi connectivity index (χ3n) is 4.54. The first kappa shape index (κ1) is 13.4. The van der Waals surface area contributed by atoms with Crippen LogP contribution in [-0.4, -0.2) is 23.7 Å². The number of nitrogens with two attached hydrogens (primary N) is 1. The molecule has 0 aliphatic heterocycles. The van der Waals surface area contributed by atoms with Crippen molar-refractivity contribution in [1.29, 1.82) is 0 Å². The van der Waals surface area contributed by atoms with Crippen molar-refractivity contribution in [2.24, 2.45) is 10.7 Å². The molecule has 1 atom stereocenters. The SMILES string of the molecule is NC(=NCC1(O)CCc2ccccc21)NC1CCCC1. The van der Waals surface area contributed by atoms with E-state index in [1.807, 2.05) is 18.2 Å². The number of benzene rings is 1. The minimum atomic E-state index is -0.849. The average molecular weight is 273 g/mol. The van der Waals surface area contributed by atoms with Gasteiger partial charge in [-0.1, -0.05) is 37.1 Å². The van der Waals surface area contributed by atoms with Crippen LogP contribution >= 0.6 is 0 Å². The Bertz CT molecular complexity index is 508. The number of nitrogens with zero attached hydrogens (tertiary/aromatic N) is 1. The molecule has 1 aromatic rings. The van der Waals surface area contributed by atoms with E-state index in [9.17, 15) is 5.11 Å². The van der Waals surface area contributed by atoms with Crippen molar-refractivity contribution in [2.45, 2.75) is 50.2 Å². The summed E-state index contributed by atoms with van der Waals surface area (Å²) in [6.07, 6.45) is 6.52. The molecule has 3 rings (SSSR count). The normalized spacial score (nSPS) is 26.8. The van der Waals surface area contributed by atoms with Crippen molar-refractivity contribution >= 4 is 5.96 Å². The van der Waals surface area contributed by atoms with E-state index in [2.05, 4.69) is 16.4 Å². The van der Waals surface area contributed by atoms with E-state index in [1.54, 1.807) is 0 Å². The molecule has 0 heterocycles. The summed E-state index contributed by atoms with van der Waals surface area (Å²) >= 11 is 0. The van der Waals surface area contributed by atoms with Crippen LogP contribution in [0.15, 0.2) is 29.3 Å². The van der Waals surface area contributed by atoms with Gasteiger partial charge in [-0.2, -0.15) is 0 Å². The van der Waals surface area contributed by atoms with E-state index >= 15 is 0 Å². The third-order valence-corrected chi connectivity index (χ3v) is 4.54. The molecule has 0 aromatic heterocycles. The van der Waals surface area contributed by atoms with Crippen molar-refractivity contribution in [2.75, 3.05) is 6.54 Å². The Balaban J connectivity index is 1.65. The molecular weight excluding hydrogens is 250 g/mol. The summed E-state index contributed by atoms with van der Waals surface area (Å²) in [5.74, 6) is 0.467.